The van der Waals surface area contributed by atoms with Gasteiger partial charge in [0.2, 0.25) is 0 Å². The van der Waals surface area contributed by atoms with E-state index in [0.717, 1.165) is 55.5 Å². The van der Waals surface area contributed by atoms with Crippen molar-refractivity contribution in [2.24, 2.45) is 10.9 Å². The molecule has 5 rings (SSSR count). The Morgan fingerprint density at radius 2 is 1.80 bits per heavy atom. The molecule has 0 radical (unpaired) electrons. The highest BCUT2D eigenvalue weighted by molar-refractivity contribution is 6.12. The predicted octanol–water partition coefficient (Wildman–Crippen LogP) is 3.83. The number of rotatable bonds is 7. The molecule has 1 saturated heterocycles. The van der Waals surface area contributed by atoms with Crippen LogP contribution >= 0.6 is 0 Å². The van der Waals surface area contributed by atoms with Crippen molar-refractivity contribution in [2.45, 2.75) is 49.7 Å². The maximum atomic E-state index is 14.3. The molecular weight excluding hydrogens is 536 g/mol. The molecule has 3 heterocycles. The van der Waals surface area contributed by atoms with E-state index in [9.17, 15) is 23.2 Å². The van der Waals surface area contributed by atoms with Gasteiger partial charge in [0.1, 0.15) is 5.92 Å². The molecule has 1 aromatic heterocycles. The molecular formula is C29H33F2N5O5. The third-order valence-electron chi connectivity index (χ3n) is 8.21. The van der Waals surface area contributed by atoms with Gasteiger partial charge in [-0.3, -0.25) is 14.7 Å². The van der Waals surface area contributed by atoms with Gasteiger partial charge in [0.25, 0.3) is 0 Å². The largest absolute Gasteiger partial charge is 0.468 e. The lowest BCUT2D eigenvalue weighted by Crippen LogP contribution is -2.65. The molecule has 2 atom stereocenters. The van der Waals surface area contributed by atoms with E-state index in [0.29, 0.717) is 25.0 Å². The van der Waals surface area contributed by atoms with E-state index < -0.39 is 41.6 Å². The van der Waals surface area contributed by atoms with Crippen molar-refractivity contribution < 1.29 is 32.6 Å². The molecule has 1 saturated carbocycles. The summed E-state index contributed by atoms with van der Waals surface area (Å²) in [5, 5.41) is 2.86. The van der Waals surface area contributed by atoms with E-state index in [1.54, 1.807) is 0 Å². The number of imide groups is 1. The van der Waals surface area contributed by atoms with Crippen molar-refractivity contribution in [3.63, 3.8) is 0 Å². The van der Waals surface area contributed by atoms with Crippen LogP contribution in [0.2, 0.25) is 0 Å². The maximum Gasteiger partial charge on any atom is 0.352 e. The van der Waals surface area contributed by atoms with Crippen LogP contribution in [-0.4, -0.2) is 84.5 Å². The summed E-state index contributed by atoms with van der Waals surface area (Å²) in [7, 11) is 2.52. The summed E-state index contributed by atoms with van der Waals surface area (Å²) >= 11 is 0. The van der Waals surface area contributed by atoms with E-state index in [-0.39, 0.29) is 23.9 Å². The minimum Gasteiger partial charge on any atom is -0.468 e. The number of nitrogens with zero attached hydrogens (tertiary/aromatic N) is 4. The van der Waals surface area contributed by atoms with Gasteiger partial charge in [-0.05, 0) is 55.5 Å². The number of carbonyl (C=O) groups is 3. The Labute approximate surface area is 236 Å². The van der Waals surface area contributed by atoms with Crippen LogP contribution in [0, 0.1) is 17.6 Å². The summed E-state index contributed by atoms with van der Waals surface area (Å²) in [6, 6.07) is 6.13. The predicted molar refractivity (Wildman–Crippen MR) is 144 cm³/mol. The normalized spacial score (nSPS) is 25.3. The highest BCUT2D eigenvalue weighted by Crippen LogP contribution is 2.37. The Hall–Kier alpha value is -3.77. The fourth-order valence-corrected chi connectivity index (χ4v) is 6.11. The third-order valence-corrected chi connectivity index (χ3v) is 8.21. The number of carbonyl (C=O) groups excluding carboxylic acids is 3. The van der Waals surface area contributed by atoms with Crippen molar-refractivity contribution >= 4 is 23.7 Å². The number of hydrogen-bond acceptors (Lipinski definition) is 7. The van der Waals surface area contributed by atoms with Gasteiger partial charge in [0.15, 0.2) is 11.6 Å². The first-order valence-corrected chi connectivity index (χ1v) is 13.7. The summed E-state index contributed by atoms with van der Waals surface area (Å²) < 4.78 is 38.1. The van der Waals surface area contributed by atoms with Gasteiger partial charge in [0, 0.05) is 44.0 Å². The van der Waals surface area contributed by atoms with Gasteiger partial charge in [0.05, 0.1) is 31.5 Å². The van der Waals surface area contributed by atoms with E-state index in [1.807, 2.05) is 18.3 Å². The molecule has 2 unspecified atom stereocenters. The molecule has 4 amide bonds. The standard InChI is InChI=1S/C29H33F2N5O5/c1-40-16-24-25(27(37)41-2)26(18-8-11-21(30)22(31)13-18)36(29(39)34-24)28(38)33-19-14-35(15-19)20-9-6-17(7-10-20)23-5-3-4-12-32-23/h3-5,8,11-13,17,19-20,25-26H,6-7,9-10,14-16H2,1-2H3,(H,33,38). The number of likely N-dealkylation sites (tertiary alicyclic amines) is 1. The van der Waals surface area contributed by atoms with Crippen LogP contribution in [0.25, 0.3) is 0 Å². The van der Waals surface area contributed by atoms with Crippen LogP contribution in [0.3, 0.4) is 0 Å². The van der Waals surface area contributed by atoms with E-state index in [1.165, 1.54) is 13.2 Å². The molecule has 3 aliphatic rings. The van der Waals surface area contributed by atoms with Gasteiger partial charge in [-0.15, -0.1) is 0 Å². The Kier molecular flexibility index (Phi) is 8.69. The average Bonchev–Trinajstić information content (AvgIpc) is 2.96. The van der Waals surface area contributed by atoms with Crippen LogP contribution in [-0.2, 0) is 14.3 Å². The number of nitrogens with one attached hydrogen (secondary N) is 1. The number of esters is 1. The molecule has 12 heteroatoms. The second-order valence-electron chi connectivity index (χ2n) is 10.7. The van der Waals surface area contributed by atoms with E-state index >= 15 is 0 Å². The minimum absolute atomic E-state index is 0.0271. The first-order valence-electron chi connectivity index (χ1n) is 13.7. The number of aliphatic imine (C=N–C) groups is 1. The fraction of sp³-hybridized carbons (Fsp3) is 0.483. The number of pyridine rings is 1. The molecule has 0 bridgehead atoms. The number of benzene rings is 1. The number of aromatic nitrogens is 1. The lowest BCUT2D eigenvalue weighted by molar-refractivity contribution is -0.144. The van der Waals surface area contributed by atoms with Gasteiger partial charge in [-0.2, -0.15) is 4.99 Å². The van der Waals surface area contributed by atoms with Crippen LogP contribution in [0.4, 0.5) is 18.4 Å². The summed E-state index contributed by atoms with van der Waals surface area (Å²) in [5.41, 5.74) is 1.20. The van der Waals surface area contributed by atoms with Crippen LogP contribution in [0.5, 0.6) is 0 Å². The average molecular weight is 570 g/mol. The van der Waals surface area contributed by atoms with Gasteiger partial charge < -0.3 is 14.8 Å². The summed E-state index contributed by atoms with van der Waals surface area (Å²) in [6.07, 6.45) is 5.98. The first-order chi connectivity index (χ1) is 19.8. The smallest absolute Gasteiger partial charge is 0.352 e. The van der Waals surface area contributed by atoms with Crippen LogP contribution < -0.4 is 5.32 Å². The van der Waals surface area contributed by atoms with Crippen LogP contribution in [0.1, 0.15) is 48.9 Å². The Morgan fingerprint density at radius 1 is 1.05 bits per heavy atom. The molecule has 1 N–H and O–H groups in total. The molecule has 2 fully saturated rings. The van der Waals surface area contributed by atoms with Gasteiger partial charge in [-0.1, -0.05) is 12.1 Å². The van der Waals surface area contributed by atoms with Crippen molar-refractivity contribution in [1.29, 1.82) is 0 Å². The summed E-state index contributed by atoms with van der Waals surface area (Å²) in [6.45, 7) is 1.03. The molecule has 2 aromatic rings. The quantitative estimate of drug-likeness (QED) is 0.504. The summed E-state index contributed by atoms with van der Waals surface area (Å²) in [5.74, 6) is -3.88. The summed E-state index contributed by atoms with van der Waals surface area (Å²) in [4.78, 5) is 51.1. The SMILES string of the molecule is COCC1=NC(=O)N(C(=O)NC2CN(C3CCC(c4ccccn4)CC3)C2)C(c2ccc(F)c(F)c2)C1C(=O)OC. The minimum atomic E-state index is -1.31. The van der Waals surface area contributed by atoms with Crippen molar-refractivity contribution in [1.82, 2.24) is 20.1 Å². The molecule has 10 nitrogen and oxygen atoms in total. The van der Waals surface area contributed by atoms with Crippen molar-refractivity contribution in [2.75, 3.05) is 33.9 Å². The number of ether oxygens (including phenoxy) is 2. The number of amides is 4. The fourth-order valence-electron chi connectivity index (χ4n) is 6.11. The molecule has 41 heavy (non-hydrogen) atoms. The molecule has 0 spiro atoms. The molecule has 218 valence electrons. The maximum absolute atomic E-state index is 14.3. The highest BCUT2D eigenvalue weighted by Gasteiger charge is 2.48. The molecule has 1 aliphatic carbocycles. The topological polar surface area (TPSA) is 113 Å². The van der Waals surface area contributed by atoms with Gasteiger partial charge in [-0.25, -0.2) is 23.3 Å². The highest BCUT2D eigenvalue weighted by atomic mass is 19.2. The number of halogens is 2. The van der Waals surface area contributed by atoms with Crippen LogP contribution in [0.15, 0.2) is 47.6 Å². The van der Waals surface area contributed by atoms with E-state index in [4.69, 9.17) is 9.47 Å². The van der Waals surface area contributed by atoms with Crippen molar-refractivity contribution in [3.05, 3.63) is 65.5 Å². The Morgan fingerprint density at radius 3 is 2.44 bits per heavy atom. The first kappa shape index (κ1) is 28.7. The zero-order valence-corrected chi connectivity index (χ0v) is 23.0. The number of hydrogen-bond donors (Lipinski definition) is 1. The molecule has 2 aliphatic heterocycles. The second kappa shape index (κ2) is 12.4. The zero-order chi connectivity index (χ0) is 29.1. The molecule has 1 aromatic carbocycles. The Balaban J connectivity index is 1.28. The lowest BCUT2D eigenvalue weighted by atomic mass is 9.82. The lowest BCUT2D eigenvalue weighted by Gasteiger charge is -2.47. The second-order valence-corrected chi connectivity index (χ2v) is 10.7. The Bertz CT molecular complexity index is 1310. The number of urea groups is 2. The van der Waals surface area contributed by atoms with Gasteiger partial charge >= 0.3 is 18.0 Å². The third kappa shape index (κ3) is 5.98. The van der Waals surface area contributed by atoms with E-state index in [2.05, 4.69) is 26.3 Å². The van der Waals surface area contributed by atoms with Crippen molar-refractivity contribution in [3.8, 4) is 0 Å². The zero-order valence-electron chi connectivity index (χ0n) is 23.0. The number of methoxy groups -OCH3 is 2. The monoisotopic (exact) mass is 569 g/mol.